The number of rotatable bonds is 5. The maximum Gasteiger partial charge on any atom is 0.119 e. The van der Waals surface area contributed by atoms with Crippen LogP contribution in [0.2, 0.25) is 0 Å². The van der Waals surface area contributed by atoms with Crippen LogP contribution in [0.5, 0.6) is 5.75 Å². The molecule has 1 aromatic carbocycles. The molecule has 0 aliphatic heterocycles. The number of ether oxygens (including phenoxy) is 1. The van der Waals surface area contributed by atoms with Gasteiger partial charge in [-0.3, -0.25) is 0 Å². The molecule has 2 nitrogen and oxygen atoms in total. The van der Waals surface area contributed by atoms with Crippen molar-refractivity contribution in [1.82, 2.24) is 0 Å². The van der Waals surface area contributed by atoms with Crippen LogP contribution in [0.15, 0.2) is 24.3 Å². The van der Waals surface area contributed by atoms with E-state index in [1.807, 2.05) is 38.1 Å². The molecule has 2 atom stereocenters. The van der Waals surface area contributed by atoms with Crippen LogP contribution >= 0.6 is 0 Å². The second-order valence-electron chi connectivity index (χ2n) is 4.42. The number of hydrogen-bond donors (Lipinski definition) is 1. The standard InChI is InChI=1S/C14H22O2/c1-5-11(3)14(4,15)12-8-7-9-13(10-12)16-6-2/h7-11,15H,5-6H2,1-4H3. The van der Waals surface area contributed by atoms with E-state index in [1.54, 1.807) is 0 Å². The lowest BCUT2D eigenvalue weighted by Crippen LogP contribution is -2.29. The molecule has 0 amide bonds. The summed E-state index contributed by atoms with van der Waals surface area (Å²) in [6, 6.07) is 7.72. The Hall–Kier alpha value is -1.02. The summed E-state index contributed by atoms with van der Waals surface area (Å²) in [7, 11) is 0. The summed E-state index contributed by atoms with van der Waals surface area (Å²) in [5.74, 6) is 1.05. The molecule has 16 heavy (non-hydrogen) atoms. The van der Waals surface area contributed by atoms with Gasteiger partial charge in [-0.2, -0.15) is 0 Å². The Balaban J connectivity index is 2.98. The van der Waals surface area contributed by atoms with E-state index < -0.39 is 5.60 Å². The van der Waals surface area contributed by atoms with E-state index in [-0.39, 0.29) is 5.92 Å². The average molecular weight is 222 g/mol. The summed E-state index contributed by atoms with van der Waals surface area (Å²) in [6.45, 7) is 8.62. The van der Waals surface area contributed by atoms with Gasteiger partial charge in [-0.25, -0.2) is 0 Å². The van der Waals surface area contributed by atoms with E-state index in [2.05, 4.69) is 13.8 Å². The second kappa shape index (κ2) is 5.35. The lowest BCUT2D eigenvalue weighted by atomic mass is 9.82. The molecule has 0 spiro atoms. The van der Waals surface area contributed by atoms with Gasteiger partial charge in [-0.05, 0) is 37.5 Å². The van der Waals surface area contributed by atoms with Gasteiger partial charge in [0.15, 0.2) is 0 Å². The fourth-order valence-electron chi connectivity index (χ4n) is 1.75. The minimum Gasteiger partial charge on any atom is -0.494 e. The van der Waals surface area contributed by atoms with Gasteiger partial charge in [0.2, 0.25) is 0 Å². The largest absolute Gasteiger partial charge is 0.494 e. The van der Waals surface area contributed by atoms with Crippen molar-refractivity contribution in [3.8, 4) is 5.75 Å². The van der Waals surface area contributed by atoms with Crippen LogP contribution in [0.4, 0.5) is 0 Å². The predicted molar refractivity (Wildman–Crippen MR) is 66.6 cm³/mol. The second-order valence-corrected chi connectivity index (χ2v) is 4.42. The van der Waals surface area contributed by atoms with Crippen molar-refractivity contribution in [2.75, 3.05) is 6.61 Å². The zero-order valence-corrected chi connectivity index (χ0v) is 10.7. The van der Waals surface area contributed by atoms with E-state index in [9.17, 15) is 5.11 Å². The minimum atomic E-state index is -0.790. The summed E-state index contributed by atoms with van der Waals surface area (Å²) in [5.41, 5.74) is 0.134. The highest BCUT2D eigenvalue weighted by Crippen LogP contribution is 2.32. The number of hydrogen-bond acceptors (Lipinski definition) is 2. The zero-order valence-electron chi connectivity index (χ0n) is 10.7. The van der Waals surface area contributed by atoms with Gasteiger partial charge in [0, 0.05) is 0 Å². The molecule has 0 saturated carbocycles. The monoisotopic (exact) mass is 222 g/mol. The van der Waals surface area contributed by atoms with Gasteiger partial charge in [-0.1, -0.05) is 32.4 Å². The lowest BCUT2D eigenvalue weighted by Gasteiger charge is -2.30. The first kappa shape index (κ1) is 13.0. The third-order valence-corrected chi connectivity index (χ3v) is 3.30. The maximum absolute atomic E-state index is 10.5. The van der Waals surface area contributed by atoms with Crippen molar-refractivity contribution in [3.63, 3.8) is 0 Å². The molecule has 0 radical (unpaired) electrons. The average Bonchev–Trinajstić information content (AvgIpc) is 2.28. The first-order valence-electron chi connectivity index (χ1n) is 5.98. The van der Waals surface area contributed by atoms with Crippen LogP contribution < -0.4 is 4.74 Å². The first-order chi connectivity index (χ1) is 7.52. The van der Waals surface area contributed by atoms with Gasteiger partial charge in [0.25, 0.3) is 0 Å². The molecule has 0 bridgehead atoms. The molecule has 0 fully saturated rings. The topological polar surface area (TPSA) is 29.5 Å². The van der Waals surface area contributed by atoms with Gasteiger partial charge in [0.05, 0.1) is 12.2 Å². The number of benzene rings is 1. The quantitative estimate of drug-likeness (QED) is 0.828. The molecular weight excluding hydrogens is 200 g/mol. The van der Waals surface area contributed by atoms with E-state index in [0.717, 1.165) is 17.7 Å². The SMILES string of the molecule is CCOc1cccc(C(C)(O)C(C)CC)c1. The molecule has 0 aliphatic carbocycles. The Morgan fingerprint density at radius 1 is 1.38 bits per heavy atom. The maximum atomic E-state index is 10.5. The Labute approximate surface area is 98.3 Å². The Bertz CT molecular complexity index is 331. The predicted octanol–water partition coefficient (Wildman–Crippen LogP) is 3.34. The molecule has 90 valence electrons. The molecule has 0 aromatic heterocycles. The van der Waals surface area contributed by atoms with Gasteiger partial charge >= 0.3 is 0 Å². The third-order valence-electron chi connectivity index (χ3n) is 3.30. The summed E-state index contributed by atoms with van der Waals surface area (Å²) in [6.07, 6.45) is 0.950. The van der Waals surface area contributed by atoms with Crippen LogP contribution in [0.3, 0.4) is 0 Å². The van der Waals surface area contributed by atoms with Crippen LogP contribution in [0, 0.1) is 5.92 Å². The summed E-state index contributed by atoms with van der Waals surface area (Å²) in [4.78, 5) is 0. The fourth-order valence-corrected chi connectivity index (χ4v) is 1.75. The van der Waals surface area contributed by atoms with Crippen molar-refractivity contribution in [2.24, 2.45) is 5.92 Å². The van der Waals surface area contributed by atoms with Crippen molar-refractivity contribution in [3.05, 3.63) is 29.8 Å². The molecule has 1 rings (SSSR count). The summed E-state index contributed by atoms with van der Waals surface area (Å²) in [5, 5.41) is 10.5. The molecular formula is C14H22O2. The van der Waals surface area contributed by atoms with Crippen molar-refractivity contribution in [2.45, 2.75) is 39.7 Å². The van der Waals surface area contributed by atoms with Gasteiger partial charge in [0.1, 0.15) is 5.75 Å². The van der Waals surface area contributed by atoms with Crippen LogP contribution in [0.1, 0.15) is 39.7 Å². The highest BCUT2D eigenvalue weighted by molar-refractivity contribution is 5.32. The highest BCUT2D eigenvalue weighted by atomic mass is 16.5. The molecule has 1 N–H and O–H groups in total. The zero-order chi connectivity index (χ0) is 12.2. The molecule has 0 heterocycles. The summed E-state index contributed by atoms with van der Waals surface area (Å²) >= 11 is 0. The van der Waals surface area contributed by atoms with Crippen molar-refractivity contribution in [1.29, 1.82) is 0 Å². The molecule has 0 saturated heterocycles. The van der Waals surface area contributed by atoms with Crippen LogP contribution in [0.25, 0.3) is 0 Å². The van der Waals surface area contributed by atoms with E-state index in [1.165, 1.54) is 0 Å². The lowest BCUT2D eigenvalue weighted by molar-refractivity contribution is -0.000179. The highest BCUT2D eigenvalue weighted by Gasteiger charge is 2.29. The minimum absolute atomic E-state index is 0.226. The smallest absolute Gasteiger partial charge is 0.119 e. The third kappa shape index (κ3) is 2.76. The van der Waals surface area contributed by atoms with E-state index in [4.69, 9.17) is 4.74 Å². The van der Waals surface area contributed by atoms with Crippen LogP contribution in [-0.2, 0) is 5.60 Å². The summed E-state index contributed by atoms with van der Waals surface area (Å²) < 4.78 is 5.44. The first-order valence-corrected chi connectivity index (χ1v) is 5.98. The van der Waals surface area contributed by atoms with Gasteiger partial charge < -0.3 is 9.84 Å². The van der Waals surface area contributed by atoms with E-state index in [0.29, 0.717) is 6.61 Å². The van der Waals surface area contributed by atoms with Crippen molar-refractivity contribution < 1.29 is 9.84 Å². The number of aliphatic hydroxyl groups is 1. The fraction of sp³-hybridized carbons (Fsp3) is 0.571. The Kier molecular flexibility index (Phi) is 4.36. The molecule has 0 aliphatic rings. The van der Waals surface area contributed by atoms with Crippen molar-refractivity contribution >= 4 is 0 Å². The molecule has 1 aromatic rings. The van der Waals surface area contributed by atoms with Gasteiger partial charge in [-0.15, -0.1) is 0 Å². The molecule has 2 heteroatoms. The Morgan fingerprint density at radius 2 is 2.06 bits per heavy atom. The Morgan fingerprint density at radius 3 is 2.62 bits per heavy atom. The normalized spacial score (nSPS) is 16.6. The molecule has 2 unspecified atom stereocenters. The van der Waals surface area contributed by atoms with E-state index >= 15 is 0 Å². The van der Waals surface area contributed by atoms with Crippen LogP contribution in [-0.4, -0.2) is 11.7 Å².